The standard InChI is InChI=1S/C29H34F2N8O2/c1-5-6-18-11-23(41-4)25(31)27(24(18)30)38-15-19-13-32-28-22(12-20(34-28)16-37-9-7-35(2)8-10-37)26(19)39(29(38)40)21-14-33-36(3)17-21/h11-14,17H,5-10,15-16H2,1-4H3,(H,32,34). The normalized spacial score (nSPS) is 16.6. The number of pyridine rings is 1. The molecule has 216 valence electrons. The lowest BCUT2D eigenvalue weighted by molar-refractivity contribution is 0.147. The smallest absolute Gasteiger partial charge is 0.334 e. The maximum Gasteiger partial charge on any atom is 0.334 e. The molecular formula is C29H34F2N8O2. The molecule has 1 fully saturated rings. The Morgan fingerprint density at radius 2 is 1.83 bits per heavy atom. The van der Waals surface area contributed by atoms with Crippen LogP contribution in [0.1, 0.15) is 30.2 Å². The first kappa shape index (κ1) is 27.2. The van der Waals surface area contributed by atoms with Gasteiger partial charge in [-0.05, 0) is 31.2 Å². The van der Waals surface area contributed by atoms with Crippen LogP contribution in [0.15, 0.2) is 30.7 Å². The fraction of sp³-hybridized carbons (Fsp3) is 0.414. The summed E-state index contributed by atoms with van der Waals surface area (Å²) in [6.45, 7) is 6.52. The summed E-state index contributed by atoms with van der Waals surface area (Å²) in [6.07, 6.45) is 5.96. The van der Waals surface area contributed by atoms with Crippen LogP contribution in [0, 0.1) is 11.6 Å². The van der Waals surface area contributed by atoms with Crippen molar-refractivity contribution >= 4 is 34.1 Å². The number of nitrogens with one attached hydrogen (secondary N) is 1. The van der Waals surface area contributed by atoms with Crippen molar-refractivity contribution in [2.24, 2.45) is 7.05 Å². The fourth-order valence-electron chi connectivity index (χ4n) is 5.75. The number of piperazine rings is 1. The topological polar surface area (TPSA) is 85.8 Å². The number of likely N-dealkylation sites (N-methyl/N-ethyl adjacent to an activating group) is 1. The van der Waals surface area contributed by atoms with E-state index in [4.69, 9.17) is 4.74 Å². The quantitative estimate of drug-likeness (QED) is 0.354. The number of halogens is 2. The van der Waals surface area contributed by atoms with Gasteiger partial charge in [-0.2, -0.15) is 5.10 Å². The number of carbonyl (C=O) groups is 1. The summed E-state index contributed by atoms with van der Waals surface area (Å²) in [6, 6.07) is 2.80. The Balaban J connectivity index is 1.47. The molecule has 41 heavy (non-hydrogen) atoms. The van der Waals surface area contributed by atoms with Gasteiger partial charge in [-0.25, -0.2) is 18.6 Å². The van der Waals surface area contributed by atoms with E-state index in [1.165, 1.54) is 18.1 Å². The first-order chi connectivity index (χ1) is 19.8. The van der Waals surface area contributed by atoms with Crippen molar-refractivity contribution in [2.45, 2.75) is 32.9 Å². The highest BCUT2D eigenvalue weighted by Gasteiger charge is 2.39. The van der Waals surface area contributed by atoms with Crippen molar-refractivity contribution in [2.75, 3.05) is 50.1 Å². The van der Waals surface area contributed by atoms with Crippen molar-refractivity contribution in [3.05, 3.63) is 59.2 Å². The van der Waals surface area contributed by atoms with Crippen molar-refractivity contribution in [1.82, 2.24) is 29.5 Å². The van der Waals surface area contributed by atoms with Gasteiger partial charge in [-0.3, -0.25) is 19.4 Å². The number of hydrogen-bond acceptors (Lipinski definition) is 6. The molecule has 10 nitrogen and oxygen atoms in total. The number of ether oxygens (including phenoxy) is 1. The molecular weight excluding hydrogens is 530 g/mol. The Morgan fingerprint density at radius 3 is 2.51 bits per heavy atom. The minimum Gasteiger partial charge on any atom is -0.494 e. The molecule has 3 aromatic heterocycles. The largest absolute Gasteiger partial charge is 0.494 e. The number of aromatic nitrogens is 4. The van der Waals surface area contributed by atoms with Gasteiger partial charge in [0.15, 0.2) is 17.4 Å². The molecule has 6 rings (SSSR count). The highest BCUT2D eigenvalue weighted by atomic mass is 19.1. The van der Waals surface area contributed by atoms with E-state index in [1.807, 2.05) is 13.0 Å². The molecule has 1 aromatic carbocycles. The molecule has 2 aliphatic rings. The van der Waals surface area contributed by atoms with E-state index in [1.54, 1.807) is 30.3 Å². The number of methoxy groups -OCH3 is 1. The second-order valence-electron chi connectivity index (χ2n) is 10.8. The van der Waals surface area contributed by atoms with Crippen molar-refractivity contribution in [3.63, 3.8) is 0 Å². The Labute approximate surface area is 237 Å². The molecule has 1 N–H and O–H groups in total. The number of amides is 2. The average Bonchev–Trinajstić information content (AvgIpc) is 3.57. The minimum absolute atomic E-state index is 0.0561. The third kappa shape index (κ3) is 4.80. The second kappa shape index (κ2) is 10.7. The number of anilines is 3. The lowest BCUT2D eigenvalue weighted by atomic mass is 10.0. The third-order valence-electron chi connectivity index (χ3n) is 7.90. The van der Waals surface area contributed by atoms with Gasteiger partial charge in [-0.15, -0.1) is 0 Å². The average molecular weight is 565 g/mol. The van der Waals surface area contributed by atoms with Gasteiger partial charge in [0.2, 0.25) is 0 Å². The van der Waals surface area contributed by atoms with Crippen LogP contribution in [0.2, 0.25) is 0 Å². The van der Waals surface area contributed by atoms with E-state index in [-0.39, 0.29) is 12.3 Å². The summed E-state index contributed by atoms with van der Waals surface area (Å²) in [4.78, 5) is 29.6. The zero-order chi connectivity index (χ0) is 28.8. The van der Waals surface area contributed by atoms with E-state index >= 15 is 8.78 Å². The summed E-state index contributed by atoms with van der Waals surface area (Å²) in [7, 11) is 5.21. The molecule has 0 radical (unpaired) electrons. The van der Waals surface area contributed by atoms with Gasteiger partial charge in [0, 0.05) is 68.8 Å². The molecule has 0 saturated carbocycles. The number of urea groups is 1. The summed E-state index contributed by atoms with van der Waals surface area (Å²) in [5.41, 5.74) is 3.26. The van der Waals surface area contributed by atoms with Crippen molar-refractivity contribution < 1.29 is 18.3 Å². The maximum atomic E-state index is 15.9. The number of fused-ring (bicyclic) bond motifs is 3. The number of nitrogens with zero attached hydrogens (tertiary/aromatic N) is 7. The number of aromatic amines is 1. The lowest BCUT2D eigenvalue weighted by Crippen LogP contribution is -2.46. The van der Waals surface area contributed by atoms with Gasteiger partial charge in [0.05, 0.1) is 31.2 Å². The molecule has 2 aliphatic heterocycles. The molecule has 0 spiro atoms. The van der Waals surface area contributed by atoms with Crippen LogP contribution in [0.4, 0.5) is 30.6 Å². The monoisotopic (exact) mass is 564 g/mol. The molecule has 0 bridgehead atoms. The van der Waals surface area contributed by atoms with Gasteiger partial charge in [0.25, 0.3) is 0 Å². The molecule has 2 amide bonds. The van der Waals surface area contributed by atoms with Gasteiger partial charge >= 0.3 is 6.03 Å². The van der Waals surface area contributed by atoms with Crippen LogP contribution < -0.4 is 14.5 Å². The third-order valence-corrected chi connectivity index (χ3v) is 7.90. The number of rotatable bonds is 7. The molecule has 0 atom stereocenters. The first-order valence-electron chi connectivity index (χ1n) is 13.8. The maximum absolute atomic E-state index is 15.9. The van der Waals surface area contributed by atoms with Crippen molar-refractivity contribution in [1.29, 1.82) is 0 Å². The van der Waals surface area contributed by atoms with Crippen LogP contribution >= 0.6 is 0 Å². The van der Waals surface area contributed by atoms with Crippen LogP contribution in [-0.2, 0) is 26.6 Å². The zero-order valence-corrected chi connectivity index (χ0v) is 23.7. The minimum atomic E-state index is -0.919. The Bertz CT molecular complexity index is 1610. The van der Waals surface area contributed by atoms with Crippen LogP contribution in [0.3, 0.4) is 0 Å². The van der Waals surface area contributed by atoms with Gasteiger partial charge < -0.3 is 14.6 Å². The zero-order valence-electron chi connectivity index (χ0n) is 23.7. The number of aryl methyl sites for hydroxylation is 2. The number of carbonyl (C=O) groups excluding carboxylic acids is 1. The Kier molecular flexibility index (Phi) is 7.12. The fourth-order valence-corrected chi connectivity index (χ4v) is 5.75. The molecule has 12 heteroatoms. The molecule has 4 aromatic rings. The number of H-pyrrole nitrogens is 1. The van der Waals surface area contributed by atoms with Gasteiger partial charge in [-0.1, -0.05) is 13.3 Å². The predicted molar refractivity (Wildman–Crippen MR) is 153 cm³/mol. The Morgan fingerprint density at radius 1 is 1.05 bits per heavy atom. The van der Waals surface area contributed by atoms with Crippen molar-refractivity contribution in [3.8, 4) is 5.75 Å². The Hall–Kier alpha value is -4.03. The van der Waals surface area contributed by atoms with E-state index in [0.29, 0.717) is 41.0 Å². The van der Waals surface area contributed by atoms with Crippen LogP contribution in [0.5, 0.6) is 5.75 Å². The van der Waals surface area contributed by atoms with Gasteiger partial charge in [0.1, 0.15) is 11.3 Å². The molecule has 0 unspecified atom stereocenters. The lowest BCUT2D eigenvalue weighted by Gasteiger charge is -2.37. The summed E-state index contributed by atoms with van der Waals surface area (Å²) >= 11 is 0. The predicted octanol–water partition coefficient (Wildman–Crippen LogP) is 4.56. The van der Waals surface area contributed by atoms with E-state index in [0.717, 1.165) is 48.7 Å². The summed E-state index contributed by atoms with van der Waals surface area (Å²) < 4.78 is 38.4. The summed E-state index contributed by atoms with van der Waals surface area (Å²) in [5.74, 6) is -1.79. The molecule has 1 saturated heterocycles. The summed E-state index contributed by atoms with van der Waals surface area (Å²) in [5, 5.41) is 5.03. The van der Waals surface area contributed by atoms with E-state index in [2.05, 4.69) is 31.9 Å². The highest BCUT2D eigenvalue weighted by Crippen LogP contribution is 2.43. The first-order valence-corrected chi connectivity index (χ1v) is 13.8. The second-order valence-corrected chi connectivity index (χ2v) is 10.8. The van der Waals surface area contributed by atoms with E-state index in [9.17, 15) is 4.79 Å². The SMILES string of the molecule is CCCc1cc(OC)c(F)c(N2Cc3cnc4[nH]c(CN5CCN(C)CC5)cc4c3N(c3cnn(C)c3)C2=O)c1F. The van der Waals surface area contributed by atoms with E-state index < -0.39 is 23.4 Å². The molecule has 0 aliphatic carbocycles. The van der Waals surface area contributed by atoms with Crippen LogP contribution in [-0.4, -0.2) is 75.9 Å². The number of benzene rings is 1. The number of hydrogen-bond donors (Lipinski definition) is 1. The van der Waals surface area contributed by atoms with Crippen LogP contribution in [0.25, 0.3) is 11.0 Å². The molecule has 5 heterocycles. The highest BCUT2D eigenvalue weighted by molar-refractivity contribution is 6.15.